The minimum absolute atomic E-state index is 0.732. The molecule has 2 N–H and O–H groups in total. The quantitative estimate of drug-likeness (QED) is 0.728. The van der Waals surface area contributed by atoms with Crippen LogP contribution in [0.15, 0.2) is 36.9 Å². The van der Waals surface area contributed by atoms with Crippen molar-refractivity contribution in [2.45, 2.75) is 27.7 Å². The van der Waals surface area contributed by atoms with Gasteiger partial charge in [-0.3, -0.25) is 0 Å². The Bertz CT molecular complexity index is 612. The molecular weight excluding hydrogens is 256 g/mol. The van der Waals surface area contributed by atoms with Gasteiger partial charge in [0.2, 0.25) is 0 Å². The molecule has 0 atom stereocenters. The number of nitrogens with zero attached hydrogens (tertiary/aromatic N) is 3. The van der Waals surface area contributed by atoms with Crippen LogP contribution in [0.2, 0.25) is 0 Å². The summed E-state index contributed by atoms with van der Waals surface area (Å²) >= 11 is 1.48. The zero-order chi connectivity index (χ0) is 14.3. The first-order valence-corrected chi connectivity index (χ1v) is 7.29. The lowest BCUT2D eigenvalue weighted by molar-refractivity contribution is 1.18. The van der Waals surface area contributed by atoms with Crippen molar-refractivity contribution in [3.63, 3.8) is 0 Å². The molecule has 102 valence electrons. The maximum atomic E-state index is 5.65. The van der Waals surface area contributed by atoms with Crippen molar-refractivity contribution in [2.75, 3.05) is 5.73 Å². The summed E-state index contributed by atoms with van der Waals surface area (Å²) < 4.78 is 1.97. The van der Waals surface area contributed by atoms with Crippen LogP contribution in [0, 0.1) is 0 Å². The van der Waals surface area contributed by atoms with Gasteiger partial charge in [0.15, 0.2) is 0 Å². The average Bonchev–Trinajstić information content (AvgIpc) is 3.11. The molecule has 0 aromatic carbocycles. The number of fused-ring (bicyclic) bond motifs is 1. The van der Waals surface area contributed by atoms with E-state index in [9.17, 15) is 0 Å². The molecule has 3 aromatic heterocycles. The second kappa shape index (κ2) is 7.53. The number of hydrogen-bond donors (Lipinski definition) is 1. The predicted molar refractivity (Wildman–Crippen MR) is 83.4 cm³/mol. The number of imidazole rings is 1. The lowest BCUT2D eigenvalue weighted by atomic mass is 10.3. The van der Waals surface area contributed by atoms with E-state index in [0.717, 1.165) is 21.2 Å². The Balaban J connectivity index is 0.000000415. The summed E-state index contributed by atoms with van der Waals surface area (Å²) in [6.07, 6.45) is 7.36. The Morgan fingerprint density at radius 2 is 1.84 bits per heavy atom. The number of rotatable bonds is 1. The largest absolute Gasteiger partial charge is 0.389 e. The summed E-state index contributed by atoms with van der Waals surface area (Å²) in [4.78, 5) is 8.42. The molecule has 0 saturated carbocycles. The smallest absolute Gasteiger partial charge is 0.136 e. The van der Waals surface area contributed by atoms with Crippen LogP contribution < -0.4 is 5.73 Å². The summed E-state index contributed by atoms with van der Waals surface area (Å²) in [6, 6.07) is 3.97. The molecule has 0 aliphatic rings. The average molecular weight is 276 g/mol. The fourth-order valence-corrected chi connectivity index (χ4v) is 2.14. The Kier molecular flexibility index (Phi) is 6.02. The highest BCUT2D eigenvalue weighted by Crippen LogP contribution is 2.26. The highest BCUT2D eigenvalue weighted by Gasteiger charge is 2.03. The van der Waals surface area contributed by atoms with Gasteiger partial charge in [0.25, 0.3) is 0 Å². The van der Waals surface area contributed by atoms with E-state index in [0.29, 0.717) is 0 Å². The number of thiazole rings is 1. The van der Waals surface area contributed by atoms with E-state index in [1.165, 1.54) is 11.3 Å². The molecule has 19 heavy (non-hydrogen) atoms. The van der Waals surface area contributed by atoms with Gasteiger partial charge in [-0.25, -0.2) is 9.97 Å². The highest BCUT2D eigenvalue weighted by molar-refractivity contribution is 7.18. The molecule has 0 unspecified atom stereocenters. The van der Waals surface area contributed by atoms with Gasteiger partial charge in [-0.2, -0.15) is 0 Å². The number of hydrogen-bond acceptors (Lipinski definition) is 4. The number of nitrogens with two attached hydrogens (primary N) is 1. The third-order valence-electron chi connectivity index (χ3n) is 2.16. The summed E-state index contributed by atoms with van der Waals surface area (Å²) in [5.74, 6) is 0. The van der Waals surface area contributed by atoms with Crippen LogP contribution in [0.25, 0.3) is 16.2 Å². The van der Waals surface area contributed by atoms with Crippen molar-refractivity contribution in [1.29, 1.82) is 0 Å². The van der Waals surface area contributed by atoms with Crippen LogP contribution in [0.4, 0.5) is 5.00 Å². The SMILES string of the molecule is CC.CC.Nc1cnc(-c2ccc3nccn3c2)s1. The first-order valence-electron chi connectivity index (χ1n) is 6.47. The molecule has 5 heteroatoms. The standard InChI is InChI=1S/C10H8N4S.2C2H6/c11-8-5-13-10(15-8)7-1-2-9-12-3-4-14(9)6-7;2*1-2/h1-6H,11H2;2*1-2H3. The molecule has 0 aliphatic heterocycles. The molecule has 3 heterocycles. The van der Waals surface area contributed by atoms with E-state index in [1.807, 2.05) is 56.6 Å². The van der Waals surface area contributed by atoms with E-state index in [1.54, 1.807) is 12.4 Å². The summed E-state index contributed by atoms with van der Waals surface area (Å²) in [6.45, 7) is 8.00. The van der Waals surface area contributed by atoms with Crippen LogP contribution in [-0.2, 0) is 0 Å². The summed E-state index contributed by atoms with van der Waals surface area (Å²) in [5.41, 5.74) is 7.64. The van der Waals surface area contributed by atoms with Gasteiger partial charge in [-0.15, -0.1) is 0 Å². The Hall–Kier alpha value is -1.88. The number of anilines is 1. The zero-order valence-electron chi connectivity index (χ0n) is 11.8. The fraction of sp³-hybridized carbons (Fsp3) is 0.286. The van der Waals surface area contributed by atoms with Crippen LogP contribution >= 0.6 is 11.3 Å². The third-order valence-corrected chi connectivity index (χ3v) is 3.03. The van der Waals surface area contributed by atoms with Gasteiger partial charge in [-0.05, 0) is 12.1 Å². The second-order valence-electron chi connectivity index (χ2n) is 3.18. The topological polar surface area (TPSA) is 56.2 Å². The maximum absolute atomic E-state index is 5.65. The van der Waals surface area contributed by atoms with E-state index in [4.69, 9.17) is 5.73 Å². The first-order chi connectivity index (χ1) is 9.33. The zero-order valence-corrected chi connectivity index (χ0v) is 12.6. The molecule has 0 bridgehead atoms. The van der Waals surface area contributed by atoms with Gasteiger partial charge in [0, 0.05) is 24.2 Å². The van der Waals surface area contributed by atoms with Gasteiger partial charge < -0.3 is 10.1 Å². The minimum Gasteiger partial charge on any atom is -0.389 e. The Morgan fingerprint density at radius 3 is 2.47 bits per heavy atom. The molecule has 0 radical (unpaired) electrons. The van der Waals surface area contributed by atoms with Crippen LogP contribution in [-0.4, -0.2) is 14.4 Å². The fourth-order valence-electron chi connectivity index (χ4n) is 1.47. The highest BCUT2D eigenvalue weighted by atomic mass is 32.1. The summed E-state index contributed by atoms with van der Waals surface area (Å²) in [7, 11) is 0. The molecular formula is C14H20N4S. The van der Waals surface area contributed by atoms with E-state index >= 15 is 0 Å². The van der Waals surface area contributed by atoms with Crippen molar-refractivity contribution in [3.05, 3.63) is 36.9 Å². The molecule has 0 saturated heterocycles. The number of nitrogen functional groups attached to an aromatic ring is 1. The minimum atomic E-state index is 0.732. The predicted octanol–water partition coefficient (Wildman–Crippen LogP) is 4.09. The van der Waals surface area contributed by atoms with E-state index in [-0.39, 0.29) is 0 Å². The molecule has 0 fully saturated rings. The van der Waals surface area contributed by atoms with Crippen molar-refractivity contribution >= 4 is 22.0 Å². The van der Waals surface area contributed by atoms with Crippen LogP contribution in [0.1, 0.15) is 27.7 Å². The normalized spacial score (nSPS) is 9.26. The van der Waals surface area contributed by atoms with Crippen molar-refractivity contribution in [3.8, 4) is 10.6 Å². The van der Waals surface area contributed by atoms with Gasteiger partial charge in [0.1, 0.15) is 15.7 Å². The maximum Gasteiger partial charge on any atom is 0.136 e. The van der Waals surface area contributed by atoms with E-state index in [2.05, 4.69) is 9.97 Å². The van der Waals surface area contributed by atoms with Crippen molar-refractivity contribution < 1.29 is 0 Å². The van der Waals surface area contributed by atoms with Crippen LogP contribution in [0.3, 0.4) is 0 Å². The monoisotopic (exact) mass is 276 g/mol. The lowest BCUT2D eigenvalue weighted by Crippen LogP contribution is -1.84. The van der Waals surface area contributed by atoms with Gasteiger partial charge in [-0.1, -0.05) is 39.0 Å². The third kappa shape index (κ3) is 3.54. The lowest BCUT2D eigenvalue weighted by Gasteiger charge is -1.97. The van der Waals surface area contributed by atoms with Gasteiger partial charge in [0.05, 0.1) is 6.20 Å². The molecule has 3 aromatic rings. The second-order valence-corrected chi connectivity index (χ2v) is 4.24. The van der Waals surface area contributed by atoms with E-state index < -0.39 is 0 Å². The molecule has 0 spiro atoms. The molecule has 0 aliphatic carbocycles. The Labute approximate surface area is 117 Å². The van der Waals surface area contributed by atoms with Gasteiger partial charge >= 0.3 is 0 Å². The number of pyridine rings is 1. The first kappa shape index (κ1) is 15.2. The molecule has 0 amide bonds. The molecule has 3 rings (SSSR count). The van der Waals surface area contributed by atoms with Crippen molar-refractivity contribution in [2.24, 2.45) is 0 Å². The van der Waals surface area contributed by atoms with Crippen molar-refractivity contribution in [1.82, 2.24) is 14.4 Å². The van der Waals surface area contributed by atoms with Crippen LogP contribution in [0.5, 0.6) is 0 Å². The molecule has 4 nitrogen and oxygen atoms in total. The summed E-state index contributed by atoms with van der Waals surface area (Å²) in [5, 5.41) is 1.67. The number of aromatic nitrogens is 3. The Morgan fingerprint density at radius 1 is 1.11 bits per heavy atom.